The van der Waals surface area contributed by atoms with Crippen LogP contribution in [0.1, 0.15) is 66.7 Å². The van der Waals surface area contributed by atoms with E-state index >= 15 is 0 Å². The summed E-state index contributed by atoms with van der Waals surface area (Å²) in [4.78, 5) is 24.0. The zero-order chi connectivity index (χ0) is 14.9. The van der Waals surface area contributed by atoms with Crippen molar-refractivity contribution in [2.45, 2.75) is 72.3 Å². The van der Waals surface area contributed by atoms with Crippen molar-refractivity contribution in [2.75, 3.05) is 0 Å². The molecule has 0 spiro atoms. The number of carboxylic acids is 1. The molecular weight excluding hydrogens is 244 g/mol. The summed E-state index contributed by atoms with van der Waals surface area (Å²) in [6, 6.07) is 0. The molecule has 4 heteroatoms. The number of aliphatic carboxylic acids is 1. The van der Waals surface area contributed by atoms with Gasteiger partial charge in [0, 0.05) is 0 Å². The molecule has 1 atom stereocenters. The molecule has 0 aromatic heterocycles. The predicted molar refractivity (Wildman–Crippen MR) is 72.8 cm³/mol. The van der Waals surface area contributed by atoms with E-state index in [1.165, 1.54) is 0 Å². The highest BCUT2D eigenvalue weighted by atomic mass is 16.6. The predicted octanol–water partition coefficient (Wildman–Crippen LogP) is 3.39. The second-order valence-electron chi connectivity index (χ2n) is 7.41. The maximum Gasteiger partial charge on any atom is 0.323 e. The van der Waals surface area contributed by atoms with E-state index in [2.05, 4.69) is 13.8 Å². The van der Waals surface area contributed by atoms with Gasteiger partial charge in [0.25, 0.3) is 0 Å². The van der Waals surface area contributed by atoms with Crippen LogP contribution in [-0.4, -0.2) is 22.6 Å². The Kier molecular flexibility index (Phi) is 4.33. The summed E-state index contributed by atoms with van der Waals surface area (Å²) < 4.78 is 5.35. The molecule has 0 heterocycles. The zero-order valence-electron chi connectivity index (χ0n) is 12.7. The van der Waals surface area contributed by atoms with Crippen LogP contribution >= 0.6 is 0 Å². The summed E-state index contributed by atoms with van der Waals surface area (Å²) in [5.74, 6) is -1.62. The van der Waals surface area contributed by atoms with Crippen molar-refractivity contribution >= 4 is 11.9 Å². The van der Waals surface area contributed by atoms with Crippen LogP contribution in [0.25, 0.3) is 0 Å². The van der Waals surface area contributed by atoms with Gasteiger partial charge in [0.2, 0.25) is 0 Å². The molecule has 1 saturated carbocycles. The van der Waals surface area contributed by atoms with Gasteiger partial charge < -0.3 is 9.84 Å². The maximum atomic E-state index is 12.3. The molecule has 0 radical (unpaired) electrons. The van der Waals surface area contributed by atoms with Crippen molar-refractivity contribution in [3.05, 3.63) is 0 Å². The van der Waals surface area contributed by atoms with Gasteiger partial charge >= 0.3 is 11.9 Å². The molecule has 1 aliphatic rings. The van der Waals surface area contributed by atoms with E-state index in [-0.39, 0.29) is 5.41 Å². The fourth-order valence-electron chi connectivity index (χ4n) is 2.55. The van der Waals surface area contributed by atoms with Crippen molar-refractivity contribution in [1.82, 2.24) is 0 Å². The Morgan fingerprint density at radius 3 is 2.11 bits per heavy atom. The maximum absolute atomic E-state index is 12.3. The van der Waals surface area contributed by atoms with E-state index in [4.69, 9.17) is 4.74 Å². The Morgan fingerprint density at radius 1 is 1.05 bits per heavy atom. The van der Waals surface area contributed by atoms with E-state index in [9.17, 15) is 14.7 Å². The Bertz CT molecular complexity index is 365. The fraction of sp³-hybridized carbons (Fsp3) is 0.867. The van der Waals surface area contributed by atoms with Crippen LogP contribution in [0.3, 0.4) is 0 Å². The summed E-state index contributed by atoms with van der Waals surface area (Å²) in [5, 5.41) is 9.55. The van der Waals surface area contributed by atoms with E-state index in [0.717, 1.165) is 19.3 Å². The summed E-state index contributed by atoms with van der Waals surface area (Å²) in [7, 11) is 0. The highest BCUT2D eigenvalue weighted by molar-refractivity contribution is 5.99. The lowest BCUT2D eigenvalue weighted by Gasteiger charge is -2.30. The molecule has 19 heavy (non-hydrogen) atoms. The Morgan fingerprint density at radius 2 is 1.63 bits per heavy atom. The Hall–Kier alpha value is -1.06. The number of esters is 1. The average Bonchev–Trinajstić information content (AvgIpc) is 2.34. The van der Waals surface area contributed by atoms with Crippen molar-refractivity contribution in [1.29, 1.82) is 0 Å². The monoisotopic (exact) mass is 270 g/mol. The first-order valence-electron chi connectivity index (χ1n) is 6.95. The molecule has 1 N–H and O–H groups in total. The number of carbonyl (C=O) groups is 2. The standard InChI is InChI=1S/C15H26O4/c1-13(2,3)19-12(18)15(11(16)17)8-6-7-14(4,5)9-10-15/h6-10H2,1-5H3,(H,16,17). The molecular formula is C15H26O4. The minimum atomic E-state index is -1.36. The van der Waals surface area contributed by atoms with Crippen molar-refractivity contribution in [2.24, 2.45) is 10.8 Å². The summed E-state index contributed by atoms with van der Waals surface area (Å²) in [6.07, 6.45) is 3.17. The third kappa shape index (κ3) is 3.95. The molecule has 0 aromatic carbocycles. The Balaban J connectivity index is 2.98. The largest absolute Gasteiger partial charge is 0.480 e. The first-order chi connectivity index (χ1) is 8.49. The first kappa shape index (κ1) is 16.0. The Labute approximate surface area is 115 Å². The van der Waals surface area contributed by atoms with Crippen molar-refractivity contribution < 1.29 is 19.4 Å². The number of ether oxygens (including phenoxy) is 1. The van der Waals surface area contributed by atoms with E-state index in [1.807, 2.05) is 0 Å². The van der Waals surface area contributed by atoms with Gasteiger partial charge in [-0.05, 0) is 51.9 Å². The number of hydrogen-bond acceptors (Lipinski definition) is 3. The summed E-state index contributed by atoms with van der Waals surface area (Å²) >= 11 is 0. The second-order valence-corrected chi connectivity index (χ2v) is 7.41. The second kappa shape index (κ2) is 5.14. The molecule has 110 valence electrons. The highest BCUT2D eigenvalue weighted by Crippen LogP contribution is 2.44. The smallest absolute Gasteiger partial charge is 0.323 e. The van der Waals surface area contributed by atoms with Gasteiger partial charge in [0.05, 0.1) is 0 Å². The molecule has 1 rings (SSSR count). The zero-order valence-corrected chi connectivity index (χ0v) is 12.7. The van der Waals surface area contributed by atoms with Crippen molar-refractivity contribution in [3.63, 3.8) is 0 Å². The highest BCUT2D eigenvalue weighted by Gasteiger charge is 2.50. The summed E-state index contributed by atoms with van der Waals surface area (Å²) in [5.41, 5.74) is -1.92. The van der Waals surface area contributed by atoms with Gasteiger partial charge in [0.15, 0.2) is 5.41 Å². The molecule has 0 amide bonds. The average molecular weight is 270 g/mol. The lowest BCUT2D eigenvalue weighted by Crippen LogP contribution is -2.43. The number of hydrogen-bond donors (Lipinski definition) is 1. The van der Waals surface area contributed by atoms with Crippen LogP contribution in [0.15, 0.2) is 0 Å². The number of rotatable bonds is 2. The minimum Gasteiger partial charge on any atom is -0.480 e. The lowest BCUT2D eigenvalue weighted by atomic mass is 9.78. The van der Waals surface area contributed by atoms with Crippen LogP contribution in [0.4, 0.5) is 0 Å². The molecule has 0 aromatic rings. The van der Waals surface area contributed by atoms with Crippen LogP contribution in [0.2, 0.25) is 0 Å². The van der Waals surface area contributed by atoms with Gasteiger partial charge in [-0.3, -0.25) is 9.59 Å². The van der Waals surface area contributed by atoms with Crippen molar-refractivity contribution in [3.8, 4) is 0 Å². The summed E-state index contributed by atoms with van der Waals surface area (Å²) in [6.45, 7) is 9.54. The fourth-order valence-corrected chi connectivity index (χ4v) is 2.55. The first-order valence-corrected chi connectivity index (χ1v) is 6.95. The third-order valence-electron chi connectivity index (χ3n) is 3.88. The topological polar surface area (TPSA) is 63.6 Å². The molecule has 4 nitrogen and oxygen atoms in total. The van der Waals surface area contributed by atoms with Gasteiger partial charge in [-0.2, -0.15) is 0 Å². The normalized spacial score (nSPS) is 27.4. The molecule has 0 aliphatic heterocycles. The van der Waals surface area contributed by atoms with Crippen LogP contribution in [0, 0.1) is 10.8 Å². The lowest BCUT2D eigenvalue weighted by molar-refractivity contribution is -0.178. The van der Waals surface area contributed by atoms with Gasteiger partial charge in [0.1, 0.15) is 5.60 Å². The minimum absolute atomic E-state index is 0.0964. The molecule has 0 bridgehead atoms. The molecule has 0 saturated heterocycles. The van der Waals surface area contributed by atoms with E-state index in [0.29, 0.717) is 12.8 Å². The van der Waals surface area contributed by atoms with Crippen LogP contribution < -0.4 is 0 Å². The molecule has 1 fully saturated rings. The van der Waals surface area contributed by atoms with Crippen LogP contribution in [-0.2, 0) is 14.3 Å². The van der Waals surface area contributed by atoms with Gasteiger partial charge in [-0.15, -0.1) is 0 Å². The quantitative estimate of drug-likeness (QED) is 0.474. The van der Waals surface area contributed by atoms with E-state index < -0.39 is 23.0 Å². The number of carbonyl (C=O) groups excluding carboxylic acids is 1. The molecule has 1 unspecified atom stereocenters. The molecule has 1 aliphatic carbocycles. The van der Waals surface area contributed by atoms with E-state index in [1.54, 1.807) is 20.8 Å². The van der Waals surface area contributed by atoms with Crippen LogP contribution in [0.5, 0.6) is 0 Å². The van der Waals surface area contributed by atoms with Gasteiger partial charge in [-0.25, -0.2) is 0 Å². The van der Waals surface area contributed by atoms with Gasteiger partial charge in [-0.1, -0.05) is 20.3 Å². The SMILES string of the molecule is CC1(C)CCCC(C(=O)O)(C(=O)OC(C)(C)C)CC1. The third-order valence-corrected chi connectivity index (χ3v) is 3.88. The number of carboxylic acid groups (broad SMARTS) is 1.